The lowest BCUT2D eigenvalue weighted by molar-refractivity contribution is -0.0987. The number of likely N-dealkylation sites (N-methyl/N-ethyl adjacent to an activating group) is 1. The highest BCUT2D eigenvalue weighted by molar-refractivity contribution is 5.94. The Kier molecular flexibility index (Phi) is 21.2. The predicted octanol–water partition coefficient (Wildman–Crippen LogP) is 7.71. The topological polar surface area (TPSA) is 121 Å². The second kappa shape index (κ2) is 23.4. The van der Waals surface area contributed by atoms with E-state index in [4.69, 9.17) is 20.1 Å². The first-order valence-corrected chi connectivity index (χ1v) is 15.2. The lowest BCUT2D eigenvalue weighted by atomic mass is 10.0. The summed E-state index contributed by atoms with van der Waals surface area (Å²) in [6, 6.07) is 16.0. The summed E-state index contributed by atoms with van der Waals surface area (Å²) in [5.41, 5.74) is 9.59. The zero-order chi connectivity index (χ0) is 32.6. The molecule has 2 saturated carbocycles. The van der Waals surface area contributed by atoms with Crippen molar-refractivity contribution < 1.29 is 14.3 Å². The molecule has 0 bridgehead atoms. The fourth-order valence-corrected chi connectivity index (χ4v) is 3.51. The van der Waals surface area contributed by atoms with Crippen LogP contribution in [-0.4, -0.2) is 51.2 Å². The first kappa shape index (κ1) is 38.9. The molecule has 2 aromatic carbocycles. The summed E-state index contributed by atoms with van der Waals surface area (Å²) in [6.07, 6.45) is 10.5. The maximum absolute atomic E-state index is 9.69. The number of allylic oxidation sites excluding steroid dienone is 1. The van der Waals surface area contributed by atoms with E-state index < -0.39 is 0 Å². The van der Waals surface area contributed by atoms with Crippen molar-refractivity contribution >= 4 is 42.6 Å². The quantitative estimate of drug-likeness (QED) is 0.200. The van der Waals surface area contributed by atoms with E-state index in [1.54, 1.807) is 0 Å². The number of aliphatic imine (C=N–C) groups is 1. The minimum absolute atomic E-state index is 0.567. The van der Waals surface area contributed by atoms with E-state index in [0.717, 1.165) is 48.3 Å². The molecule has 0 spiro atoms. The number of benzene rings is 2. The van der Waals surface area contributed by atoms with Crippen LogP contribution in [0.15, 0.2) is 47.5 Å². The van der Waals surface area contributed by atoms with E-state index in [0.29, 0.717) is 23.0 Å². The van der Waals surface area contributed by atoms with Gasteiger partial charge >= 0.3 is 0 Å². The van der Waals surface area contributed by atoms with Gasteiger partial charge in [0.2, 0.25) is 0 Å². The third kappa shape index (κ3) is 16.8. The number of carbonyl (C=O) groups excluding carboxylic acids is 2. The first-order valence-electron chi connectivity index (χ1n) is 15.2. The second-order valence-corrected chi connectivity index (χ2v) is 10.5. The molecule has 0 atom stereocenters. The maximum Gasteiger partial charge on any atom is 0.292 e. The molecule has 3 aliphatic rings. The molecule has 0 radical (unpaired) electrons. The lowest BCUT2D eigenvalue weighted by Gasteiger charge is -2.16. The van der Waals surface area contributed by atoms with Gasteiger partial charge in [-0.3, -0.25) is 0 Å². The van der Waals surface area contributed by atoms with Crippen LogP contribution in [0.25, 0.3) is 11.6 Å². The molecule has 2 aromatic rings. The first-order chi connectivity index (χ1) is 20.8. The van der Waals surface area contributed by atoms with Crippen LogP contribution in [0.4, 0.5) is 11.4 Å². The van der Waals surface area contributed by atoms with Gasteiger partial charge in [-0.2, -0.15) is 5.26 Å². The van der Waals surface area contributed by atoms with Crippen molar-refractivity contribution in [2.24, 2.45) is 16.8 Å². The highest BCUT2D eigenvalue weighted by Crippen LogP contribution is 2.31. The highest BCUT2D eigenvalue weighted by Gasteiger charge is 2.17. The van der Waals surface area contributed by atoms with Gasteiger partial charge in [0, 0.05) is 43.1 Å². The van der Waals surface area contributed by atoms with Gasteiger partial charge in [0.25, 0.3) is 6.02 Å². The number of amidine groups is 1. The average molecular weight is 592 g/mol. The van der Waals surface area contributed by atoms with Crippen LogP contribution < -0.4 is 15.8 Å². The van der Waals surface area contributed by atoms with Crippen molar-refractivity contribution in [3.63, 3.8) is 0 Å². The summed E-state index contributed by atoms with van der Waals surface area (Å²) in [5, 5.41) is 13.0. The molecule has 8 nitrogen and oxygen atoms in total. The molecule has 3 N–H and O–H groups in total. The molecule has 0 saturated heterocycles. The Balaban J connectivity index is 0.000000901. The zero-order valence-electron chi connectivity index (χ0n) is 27.2. The summed E-state index contributed by atoms with van der Waals surface area (Å²) in [7, 11) is 1.95. The van der Waals surface area contributed by atoms with E-state index >= 15 is 0 Å². The molecule has 8 heteroatoms. The Hall–Kier alpha value is -4.12. The van der Waals surface area contributed by atoms with Crippen LogP contribution in [0.1, 0.15) is 84.3 Å². The number of carbonyl (C=O) groups is 2. The lowest BCUT2D eigenvalue weighted by Crippen LogP contribution is -2.27. The van der Waals surface area contributed by atoms with E-state index in [-0.39, 0.29) is 0 Å². The van der Waals surface area contributed by atoms with Crippen LogP contribution in [0.2, 0.25) is 0 Å². The Morgan fingerprint density at radius 3 is 2.05 bits per heavy atom. The van der Waals surface area contributed by atoms with Crippen molar-refractivity contribution in [1.29, 1.82) is 5.26 Å². The Labute approximate surface area is 260 Å². The number of nitrogens with one attached hydrogen (secondary N) is 1. The van der Waals surface area contributed by atoms with Gasteiger partial charge in [-0.15, -0.1) is 0 Å². The number of hydrogen-bond donors (Lipinski definition) is 2. The monoisotopic (exact) mass is 591 g/mol. The fraction of sp³-hybridized carbons (Fsp3) is 0.486. The molecule has 2 fully saturated rings. The summed E-state index contributed by atoms with van der Waals surface area (Å²) in [5.74, 6) is 2.90. The van der Waals surface area contributed by atoms with Crippen molar-refractivity contribution in [2.45, 2.75) is 73.1 Å². The molecule has 236 valence electrons. The number of anilines is 2. The number of nitrogens with zero attached hydrogens (tertiary/aromatic N) is 3. The molecular weight excluding hydrogens is 538 g/mol. The van der Waals surface area contributed by atoms with E-state index in [2.05, 4.69) is 44.1 Å². The molecule has 1 aliphatic heterocycles. The molecule has 0 aromatic heterocycles. The summed E-state index contributed by atoms with van der Waals surface area (Å²) >= 11 is 0. The number of nitrogens with two attached hydrogens (primary N) is 1. The van der Waals surface area contributed by atoms with Gasteiger partial charge in [0.15, 0.2) is 0 Å². The Morgan fingerprint density at radius 2 is 1.65 bits per heavy atom. The molecule has 2 aliphatic carbocycles. The van der Waals surface area contributed by atoms with Crippen LogP contribution in [0.3, 0.4) is 0 Å². The zero-order valence-corrected chi connectivity index (χ0v) is 27.2. The second-order valence-electron chi connectivity index (χ2n) is 10.5. The van der Waals surface area contributed by atoms with Crippen LogP contribution in [0, 0.1) is 23.2 Å². The van der Waals surface area contributed by atoms with E-state index in [9.17, 15) is 5.26 Å². The molecule has 0 unspecified atom stereocenters. The molecule has 5 rings (SSSR count). The van der Waals surface area contributed by atoms with Gasteiger partial charge in [-0.1, -0.05) is 78.4 Å². The van der Waals surface area contributed by atoms with Crippen molar-refractivity contribution in [1.82, 2.24) is 4.90 Å². The predicted molar refractivity (Wildman–Crippen MR) is 182 cm³/mol. The van der Waals surface area contributed by atoms with Crippen LogP contribution in [-0.2, 0) is 9.59 Å². The third-order valence-electron chi connectivity index (χ3n) is 6.37. The Morgan fingerprint density at radius 1 is 1.07 bits per heavy atom. The van der Waals surface area contributed by atoms with Gasteiger partial charge in [-0.25, -0.2) is 4.99 Å². The number of hydrogen-bond acceptors (Lipinski definition) is 8. The van der Waals surface area contributed by atoms with Crippen molar-refractivity contribution in [3.8, 4) is 11.8 Å². The SMILES string of the molecule is C=O.C=O.CC1CC1.CCC.CCC1CC1.CCNc1cc(OC2=NCCN2C)ccc1/C(C#N)=C/c1ccc(N)cc1. The number of ether oxygens (including phenoxy) is 1. The fourth-order valence-electron chi connectivity index (χ4n) is 3.51. The van der Waals surface area contributed by atoms with Crippen molar-refractivity contribution in [3.05, 3.63) is 53.6 Å². The van der Waals surface area contributed by atoms with E-state index in [1.807, 2.05) is 81.0 Å². The summed E-state index contributed by atoms with van der Waals surface area (Å²) in [6.45, 7) is 17.1. The van der Waals surface area contributed by atoms with Crippen LogP contribution >= 0.6 is 0 Å². The minimum atomic E-state index is 0.567. The summed E-state index contributed by atoms with van der Waals surface area (Å²) in [4.78, 5) is 22.3. The average Bonchev–Trinajstić information content (AvgIpc) is 3.97. The summed E-state index contributed by atoms with van der Waals surface area (Å²) < 4.78 is 5.89. The van der Waals surface area contributed by atoms with Gasteiger partial charge in [0.05, 0.1) is 18.2 Å². The molecular formula is C35H53N5O3. The molecule has 0 amide bonds. The number of nitriles is 1. The largest absolute Gasteiger partial charge is 0.426 e. The Bertz CT molecular complexity index is 1130. The minimum Gasteiger partial charge on any atom is -0.426 e. The van der Waals surface area contributed by atoms with Crippen LogP contribution in [0.5, 0.6) is 5.75 Å². The van der Waals surface area contributed by atoms with Crippen molar-refractivity contribution in [2.75, 3.05) is 37.7 Å². The van der Waals surface area contributed by atoms with E-state index in [1.165, 1.54) is 38.5 Å². The number of nitrogen functional groups attached to an aromatic ring is 1. The third-order valence-corrected chi connectivity index (χ3v) is 6.37. The van der Waals surface area contributed by atoms with Gasteiger partial charge < -0.3 is 30.3 Å². The van der Waals surface area contributed by atoms with Gasteiger partial charge in [0.1, 0.15) is 19.3 Å². The highest BCUT2D eigenvalue weighted by atomic mass is 16.5. The smallest absolute Gasteiger partial charge is 0.292 e. The normalized spacial score (nSPS) is 14.5. The molecule has 1 heterocycles. The van der Waals surface area contributed by atoms with Gasteiger partial charge in [-0.05, 0) is 54.7 Å². The maximum atomic E-state index is 9.69. The molecule has 43 heavy (non-hydrogen) atoms. The number of rotatable bonds is 6. The standard InChI is InChI=1S/C21H23N5O.C5H10.C4H8.C3H8.2CH2O/c1-3-24-20-13-18(27-21-25-10-11-26(21)2)8-9-19(20)16(14-22)12-15-4-6-17(23)7-5-15;1-2-5-3-4-5;1-4-2-3-4;1-3-2;2*1-2/h4-9,12-13,24H,3,10-11,23H2,1-2H3;5H,2-4H2,1H3;4H,2-3H2,1H3;3H2,1-2H3;2*1H2/b16-12+;;;;;.